The Morgan fingerprint density at radius 2 is 1.67 bits per heavy atom. The Kier molecular flexibility index (Phi) is 6.89. The van der Waals surface area contributed by atoms with Gasteiger partial charge in [-0.25, -0.2) is 0 Å². The van der Waals surface area contributed by atoms with Crippen molar-refractivity contribution in [2.75, 3.05) is 7.11 Å². The molecule has 2 amide bonds. The van der Waals surface area contributed by atoms with Crippen LogP contribution >= 0.6 is 0 Å². The summed E-state index contributed by atoms with van der Waals surface area (Å²) in [6, 6.07) is 11.1. The van der Waals surface area contributed by atoms with Gasteiger partial charge in [0.05, 0.1) is 19.9 Å². The number of ether oxygens (including phenoxy) is 1. The summed E-state index contributed by atoms with van der Waals surface area (Å²) in [6.45, 7) is 0.836. The highest BCUT2D eigenvalue weighted by Gasteiger charge is 2.06. The van der Waals surface area contributed by atoms with Crippen molar-refractivity contribution in [3.05, 3.63) is 54.0 Å². The second-order valence-corrected chi connectivity index (χ2v) is 5.33. The van der Waals surface area contributed by atoms with E-state index >= 15 is 0 Å². The van der Waals surface area contributed by atoms with Crippen LogP contribution in [0.2, 0.25) is 0 Å². The normalized spacial score (nSPS) is 10.2. The molecular formula is C18H22N2O4. The predicted molar refractivity (Wildman–Crippen MR) is 89.2 cm³/mol. The Bertz CT molecular complexity index is 636. The molecule has 0 saturated carbocycles. The molecule has 0 aliphatic heterocycles. The number of rotatable bonds is 9. The molecule has 0 radical (unpaired) electrons. The van der Waals surface area contributed by atoms with E-state index in [4.69, 9.17) is 9.15 Å². The number of hydrogen-bond donors (Lipinski definition) is 2. The molecule has 1 heterocycles. The van der Waals surface area contributed by atoms with Crippen molar-refractivity contribution in [3.63, 3.8) is 0 Å². The summed E-state index contributed by atoms with van der Waals surface area (Å²) in [6.07, 6.45) is 2.72. The molecule has 0 atom stereocenters. The van der Waals surface area contributed by atoms with E-state index in [1.165, 1.54) is 0 Å². The Morgan fingerprint density at radius 1 is 1.00 bits per heavy atom. The molecule has 24 heavy (non-hydrogen) atoms. The van der Waals surface area contributed by atoms with Gasteiger partial charge in [0.2, 0.25) is 11.8 Å². The van der Waals surface area contributed by atoms with E-state index in [2.05, 4.69) is 10.6 Å². The average molecular weight is 330 g/mol. The van der Waals surface area contributed by atoms with Gasteiger partial charge >= 0.3 is 0 Å². The monoisotopic (exact) mass is 330 g/mol. The largest absolute Gasteiger partial charge is 0.497 e. The van der Waals surface area contributed by atoms with E-state index in [-0.39, 0.29) is 11.8 Å². The smallest absolute Gasteiger partial charge is 0.220 e. The summed E-state index contributed by atoms with van der Waals surface area (Å²) in [5.41, 5.74) is 1.00. The van der Waals surface area contributed by atoms with E-state index in [1.807, 2.05) is 24.3 Å². The van der Waals surface area contributed by atoms with E-state index in [0.717, 1.165) is 11.3 Å². The quantitative estimate of drug-likeness (QED) is 0.740. The van der Waals surface area contributed by atoms with Gasteiger partial charge in [-0.1, -0.05) is 12.1 Å². The Balaban J connectivity index is 1.57. The van der Waals surface area contributed by atoms with Gasteiger partial charge in [0.15, 0.2) is 0 Å². The first-order chi connectivity index (χ1) is 11.7. The molecule has 1 aromatic carbocycles. The third kappa shape index (κ3) is 6.16. The zero-order valence-corrected chi connectivity index (χ0v) is 13.7. The van der Waals surface area contributed by atoms with Gasteiger partial charge in [0.25, 0.3) is 0 Å². The molecule has 0 unspecified atom stereocenters. The zero-order valence-electron chi connectivity index (χ0n) is 13.7. The fraction of sp³-hybridized carbons (Fsp3) is 0.333. The topological polar surface area (TPSA) is 80.6 Å². The van der Waals surface area contributed by atoms with Crippen molar-refractivity contribution in [3.8, 4) is 5.75 Å². The van der Waals surface area contributed by atoms with Gasteiger partial charge in [0.1, 0.15) is 11.5 Å². The van der Waals surface area contributed by atoms with Gasteiger partial charge in [-0.3, -0.25) is 9.59 Å². The molecule has 2 N–H and O–H groups in total. The van der Waals surface area contributed by atoms with Crippen molar-refractivity contribution < 1.29 is 18.7 Å². The Labute approximate surface area is 141 Å². The minimum Gasteiger partial charge on any atom is -0.497 e. The third-order valence-electron chi connectivity index (χ3n) is 3.50. The van der Waals surface area contributed by atoms with Crippen molar-refractivity contribution in [2.24, 2.45) is 0 Å². The van der Waals surface area contributed by atoms with Crippen molar-refractivity contribution in [1.82, 2.24) is 10.6 Å². The third-order valence-corrected chi connectivity index (χ3v) is 3.50. The van der Waals surface area contributed by atoms with E-state index in [0.29, 0.717) is 38.1 Å². The molecule has 2 rings (SSSR count). The maximum absolute atomic E-state index is 11.8. The number of benzene rings is 1. The van der Waals surface area contributed by atoms with Crippen LogP contribution in [0.1, 0.15) is 30.6 Å². The van der Waals surface area contributed by atoms with Crippen LogP contribution in [0, 0.1) is 0 Å². The van der Waals surface area contributed by atoms with E-state index in [1.54, 1.807) is 25.5 Å². The molecule has 6 nitrogen and oxygen atoms in total. The maximum atomic E-state index is 11.8. The summed E-state index contributed by atoms with van der Waals surface area (Å²) in [5.74, 6) is 1.34. The molecular weight excluding hydrogens is 308 g/mol. The first kappa shape index (κ1) is 17.6. The van der Waals surface area contributed by atoms with Crippen LogP contribution in [-0.2, 0) is 22.7 Å². The van der Waals surface area contributed by atoms with Crippen LogP contribution in [0.15, 0.2) is 47.1 Å². The van der Waals surface area contributed by atoms with Crippen LogP contribution in [0.3, 0.4) is 0 Å². The van der Waals surface area contributed by atoms with Crippen LogP contribution in [-0.4, -0.2) is 18.9 Å². The van der Waals surface area contributed by atoms with E-state index < -0.39 is 0 Å². The highest BCUT2D eigenvalue weighted by atomic mass is 16.5. The second kappa shape index (κ2) is 9.39. The first-order valence-corrected chi connectivity index (χ1v) is 7.86. The molecule has 1 aromatic heterocycles. The standard InChI is InChI=1S/C18H22N2O4/c1-23-15-9-7-14(8-10-15)12-19-17(21)5-2-6-18(22)20-13-16-4-3-11-24-16/h3-4,7-11H,2,5-6,12-13H2,1H3,(H,19,21)(H,20,22). The second-order valence-electron chi connectivity index (χ2n) is 5.33. The summed E-state index contributed by atoms with van der Waals surface area (Å²) >= 11 is 0. The number of methoxy groups -OCH3 is 1. The fourth-order valence-corrected chi connectivity index (χ4v) is 2.13. The van der Waals surface area contributed by atoms with Crippen LogP contribution < -0.4 is 15.4 Å². The Morgan fingerprint density at radius 3 is 2.25 bits per heavy atom. The molecule has 0 fully saturated rings. The lowest BCUT2D eigenvalue weighted by Crippen LogP contribution is -2.25. The molecule has 0 aliphatic rings. The van der Waals surface area contributed by atoms with Crippen molar-refractivity contribution in [1.29, 1.82) is 0 Å². The lowest BCUT2D eigenvalue weighted by Gasteiger charge is -2.07. The van der Waals surface area contributed by atoms with Crippen LogP contribution in [0.25, 0.3) is 0 Å². The summed E-state index contributed by atoms with van der Waals surface area (Å²) in [5, 5.41) is 5.59. The number of nitrogens with one attached hydrogen (secondary N) is 2. The number of furan rings is 1. The molecule has 128 valence electrons. The van der Waals surface area contributed by atoms with Crippen LogP contribution in [0.5, 0.6) is 5.75 Å². The lowest BCUT2D eigenvalue weighted by molar-refractivity contribution is -0.122. The minimum absolute atomic E-state index is 0.0651. The highest BCUT2D eigenvalue weighted by Crippen LogP contribution is 2.11. The van der Waals surface area contributed by atoms with Gasteiger partial charge in [0, 0.05) is 19.4 Å². The Hall–Kier alpha value is -2.76. The van der Waals surface area contributed by atoms with E-state index in [9.17, 15) is 9.59 Å². The fourth-order valence-electron chi connectivity index (χ4n) is 2.13. The zero-order chi connectivity index (χ0) is 17.2. The maximum Gasteiger partial charge on any atom is 0.220 e. The number of carbonyl (C=O) groups is 2. The van der Waals surface area contributed by atoms with Crippen LogP contribution in [0.4, 0.5) is 0 Å². The lowest BCUT2D eigenvalue weighted by atomic mass is 10.2. The molecule has 2 aromatic rings. The number of hydrogen-bond acceptors (Lipinski definition) is 4. The SMILES string of the molecule is COc1ccc(CNC(=O)CCCC(=O)NCc2ccco2)cc1. The molecule has 0 saturated heterocycles. The molecule has 0 spiro atoms. The highest BCUT2D eigenvalue weighted by molar-refractivity contribution is 5.78. The first-order valence-electron chi connectivity index (χ1n) is 7.86. The summed E-state index contributed by atoms with van der Waals surface area (Å²) < 4.78 is 10.2. The number of carbonyl (C=O) groups excluding carboxylic acids is 2. The van der Waals surface area contributed by atoms with Gasteiger partial charge in [-0.15, -0.1) is 0 Å². The average Bonchev–Trinajstić information content (AvgIpc) is 3.12. The predicted octanol–water partition coefficient (Wildman–Crippen LogP) is 2.39. The summed E-state index contributed by atoms with van der Waals surface area (Å²) in [7, 11) is 1.61. The van der Waals surface area contributed by atoms with Gasteiger partial charge < -0.3 is 19.8 Å². The van der Waals surface area contributed by atoms with Crippen molar-refractivity contribution in [2.45, 2.75) is 32.4 Å². The number of amides is 2. The molecule has 0 bridgehead atoms. The van der Waals surface area contributed by atoms with Crippen molar-refractivity contribution >= 4 is 11.8 Å². The van der Waals surface area contributed by atoms with Gasteiger partial charge in [-0.05, 0) is 36.2 Å². The molecule has 0 aliphatic carbocycles. The van der Waals surface area contributed by atoms with Gasteiger partial charge in [-0.2, -0.15) is 0 Å². The molecule has 6 heteroatoms. The summed E-state index contributed by atoms with van der Waals surface area (Å²) in [4.78, 5) is 23.4. The minimum atomic E-state index is -0.0886.